The molecule has 0 bridgehead atoms. The maximum Gasteiger partial charge on any atom is 0.329 e. The highest BCUT2D eigenvalue weighted by Gasteiger charge is 2.21. The van der Waals surface area contributed by atoms with E-state index in [0.29, 0.717) is 12.4 Å². The second-order valence-corrected chi connectivity index (χ2v) is 9.45. The third kappa shape index (κ3) is 4.94. The van der Waals surface area contributed by atoms with E-state index < -0.39 is 0 Å². The number of aromatic amines is 1. The van der Waals surface area contributed by atoms with E-state index in [1.54, 1.807) is 4.57 Å². The average molecular weight is 508 g/mol. The molecule has 3 aromatic heterocycles. The lowest BCUT2D eigenvalue weighted by molar-refractivity contribution is 0.502. The topological polar surface area (TPSA) is 94.3 Å². The number of pyridine rings is 1. The van der Waals surface area contributed by atoms with Gasteiger partial charge >= 0.3 is 5.69 Å². The van der Waals surface area contributed by atoms with Crippen molar-refractivity contribution in [1.29, 1.82) is 0 Å². The number of benzene rings is 2. The van der Waals surface area contributed by atoms with Gasteiger partial charge in [-0.25, -0.2) is 4.79 Å². The van der Waals surface area contributed by atoms with Crippen LogP contribution in [-0.2, 0) is 19.4 Å². The molecule has 0 fully saturated rings. The molecule has 0 aliphatic carbocycles. The zero-order chi connectivity index (χ0) is 26.5. The van der Waals surface area contributed by atoms with Crippen LogP contribution in [0.5, 0.6) is 0 Å². The van der Waals surface area contributed by atoms with Gasteiger partial charge in [0.05, 0.1) is 18.3 Å². The zero-order valence-corrected chi connectivity index (χ0v) is 22.1. The van der Waals surface area contributed by atoms with Crippen LogP contribution in [0.2, 0.25) is 0 Å². The average Bonchev–Trinajstić information content (AvgIpc) is 3.62. The summed E-state index contributed by atoms with van der Waals surface area (Å²) < 4.78 is 3.69. The monoisotopic (exact) mass is 507 g/mol. The van der Waals surface area contributed by atoms with Crippen molar-refractivity contribution in [3.05, 3.63) is 106 Å². The van der Waals surface area contributed by atoms with Gasteiger partial charge in [-0.05, 0) is 52.8 Å². The van der Waals surface area contributed by atoms with Crippen molar-refractivity contribution in [3.8, 4) is 22.6 Å². The van der Waals surface area contributed by atoms with Crippen molar-refractivity contribution in [2.75, 3.05) is 0 Å². The molecule has 194 valence electrons. The molecule has 0 spiro atoms. The van der Waals surface area contributed by atoms with E-state index in [1.165, 1.54) is 16.7 Å². The molecule has 0 saturated carbocycles. The SMILES string of the molecule is CCCC(c1c(CC)cccc1CC)n1ccn(Cc2ccc(-c3ccccc3-c3nn[nH]n3)nc2)c1=O. The molecular weight excluding hydrogens is 474 g/mol. The van der Waals surface area contributed by atoms with Gasteiger partial charge in [-0.1, -0.05) is 75.7 Å². The third-order valence-corrected chi connectivity index (χ3v) is 7.12. The molecule has 0 amide bonds. The fraction of sp³-hybridized carbons (Fsp3) is 0.300. The summed E-state index contributed by atoms with van der Waals surface area (Å²) in [4.78, 5) is 18.3. The molecule has 1 unspecified atom stereocenters. The lowest BCUT2D eigenvalue weighted by Gasteiger charge is -2.24. The Bertz CT molecular complexity index is 1530. The first-order chi connectivity index (χ1) is 18.6. The van der Waals surface area contributed by atoms with Gasteiger partial charge < -0.3 is 0 Å². The molecule has 0 saturated heterocycles. The Kier molecular flexibility index (Phi) is 7.58. The predicted octanol–water partition coefficient (Wildman–Crippen LogP) is 5.45. The van der Waals surface area contributed by atoms with E-state index >= 15 is 0 Å². The van der Waals surface area contributed by atoms with Crippen LogP contribution in [0.25, 0.3) is 22.6 Å². The van der Waals surface area contributed by atoms with Crippen LogP contribution in [0.15, 0.2) is 78.0 Å². The largest absolute Gasteiger partial charge is 0.329 e. The van der Waals surface area contributed by atoms with Gasteiger partial charge in [-0.3, -0.25) is 14.1 Å². The Morgan fingerprint density at radius 1 is 0.895 bits per heavy atom. The van der Waals surface area contributed by atoms with Crippen molar-refractivity contribution < 1.29 is 0 Å². The Hall–Kier alpha value is -4.33. The number of rotatable bonds is 10. The second kappa shape index (κ2) is 11.4. The number of hydrogen-bond donors (Lipinski definition) is 1. The molecule has 5 aromatic rings. The van der Waals surface area contributed by atoms with Crippen molar-refractivity contribution in [3.63, 3.8) is 0 Å². The van der Waals surface area contributed by atoms with Crippen molar-refractivity contribution >= 4 is 0 Å². The van der Waals surface area contributed by atoms with E-state index in [4.69, 9.17) is 4.98 Å². The number of tetrazole rings is 1. The number of H-pyrrole nitrogens is 1. The quantitative estimate of drug-likeness (QED) is 0.271. The molecular formula is C30H33N7O. The van der Waals surface area contributed by atoms with E-state index in [0.717, 1.165) is 48.1 Å². The lowest BCUT2D eigenvalue weighted by atomic mass is 9.89. The van der Waals surface area contributed by atoms with Gasteiger partial charge in [-0.15, -0.1) is 10.2 Å². The Balaban J connectivity index is 1.43. The summed E-state index contributed by atoms with van der Waals surface area (Å²) in [6.07, 6.45) is 9.49. The van der Waals surface area contributed by atoms with Crippen LogP contribution in [0, 0.1) is 0 Å². The molecule has 5 rings (SSSR count). The summed E-state index contributed by atoms with van der Waals surface area (Å²) in [5.74, 6) is 0.525. The van der Waals surface area contributed by atoms with Crippen LogP contribution >= 0.6 is 0 Å². The fourth-order valence-electron chi connectivity index (χ4n) is 5.24. The molecule has 1 atom stereocenters. The molecule has 38 heavy (non-hydrogen) atoms. The molecule has 8 heteroatoms. The fourth-order valence-corrected chi connectivity index (χ4v) is 5.24. The number of aryl methyl sites for hydroxylation is 2. The van der Waals surface area contributed by atoms with Gasteiger partial charge in [0.1, 0.15) is 0 Å². The lowest BCUT2D eigenvalue weighted by Crippen LogP contribution is -2.29. The number of nitrogens with zero attached hydrogens (tertiary/aromatic N) is 6. The molecule has 2 aromatic carbocycles. The minimum absolute atomic E-state index is 0.00272. The van der Waals surface area contributed by atoms with Crippen LogP contribution in [0.3, 0.4) is 0 Å². The molecule has 8 nitrogen and oxygen atoms in total. The first-order valence-electron chi connectivity index (χ1n) is 13.3. The number of aromatic nitrogens is 7. The van der Waals surface area contributed by atoms with Crippen molar-refractivity contribution in [1.82, 2.24) is 34.7 Å². The minimum atomic E-state index is 0.00272. The standard InChI is InChI=1S/C30H33N7O/c1-4-10-27(28-22(5-2)11-9-12-23(28)6-3)37-18-17-36(30(37)38)20-21-15-16-26(31-19-21)24-13-7-8-14-25(24)29-32-34-35-33-29/h7-9,11-19,27H,4-6,10,20H2,1-3H3,(H,32,33,34,35). The maximum absolute atomic E-state index is 13.6. The number of nitrogens with one attached hydrogen (secondary N) is 1. The van der Waals surface area contributed by atoms with Crippen molar-refractivity contribution in [2.45, 2.75) is 59.0 Å². The van der Waals surface area contributed by atoms with Crippen LogP contribution in [0.4, 0.5) is 0 Å². The van der Waals surface area contributed by atoms with Gasteiger partial charge in [0.25, 0.3) is 0 Å². The molecule has 0 aliphatic heterocycles. The molecule has 0 aliphatic rings. The van der Waals surface area contributed by atoms with Crippen LogP contribution in [0.1, 0.15) is 61.9 Å². The Labute approximate surface area is 222 Å². The van der Waals surface area contributed by atoms with Crippen LogP contribution < -0.4 is 5.69 Å². The Morgan fingerprint density at radius 3 is 2.29 bits per heavy atom. The number of imidazole rings is 1. The van der Waals surface area contributed by atoms with Gasteiger partial charge in [0.15, 0.2) is 0 Å². The maximum atomic E-state index is 13.6. The molecule has 3 heterocycles. The highest BCUT2D eigenvalue weighted by atomic mass is 16.1. The molecule has 0 radical (unpaired) electrons. The Morgan fingerprint density at radius 2 is 1.66 bits per heavy atom. The highest BCUT2D eigenvalue weighted by molar-refractivity contribution is 5.78. The first-order valence-corrected chi connectivity index (χ1v) is 13.3. The number of hydrogen-bond acceptors (Lipinski definition) is 5. The summed E-state index contributed by atoms with van der Waals surface area (Å²) in [5.41, 5.74) is 7.51. The van der Waals surface area contributed by atoms with Gasteiger partial charge in [-0.2, -0.15) is 5.21 Å². The zero-order valence-electron chi connectivity index (χ0n) is 22.1. The van der Waals surface area contributed by atoms with E-state index in [-0.39, 0.29) is 11.7 Å². The predicted molar refractivity (Wildman–Crippen MR) is 149 cm³/mol. The minimum Gasteiger partial charge on any atom is -0.295 e. The van der Waals surface area contributed by atoms with Gasteiger partial charge in [0, 0.05) is 29.7 Å². The second-order valence-electron chi connectivity index (χ2n) is 9.45. The summed E-state index contributed by atoms with van der Waals surface area (Å²) >= 11 is 0. The summed E-state index contributed by atoms with van der Waals surface area (Å²) in [6.45, 7) is 7.01. The van der Waals surface area contributed by atoms with Gasteiger partial charge in [0.2, 0.25) is 5.82 Å². The van der Waals surface area contributed by atoms with E-state index in [9.17, 15) is 4.79 Å². The van der Waals surface area contributed by atoms with Crippen molar-refractivity contribution in [2.24, 2.45) is 0 Å². The van der Waals surface area contributed by atoms with E-state index in [1.807, 2.05) is 59.6 Å². The third-order valence-electron chi connectivity index (χ3n) is 7.12. The highest BCUT2D eigenvalue weighted by Crippen LogP contribution is 2.31. The van der Waals surface area contributed by atoms with E-state index in [2.05, 4.69) is 59.6 Å². The molecule has 1 N–H and O–H groups in total. The summed E-state index contributed by atoms with van der Waals surface area (Å²) in [6, 6.07) is 18.4. The summed E-state index contributed by atoms with van der Waals surface area (Å²) in [7, 11) is 0. The first kappa shape index (κ1) is 25.3. The smallest absolute Gasteiger partial charge is 0.295 e. The van der Waals surface area contributed by atoms with Crippen LogP contribution in [-0.4, -0.2) is 34.7 Å². The summed E-state index contributed by atoms with van der Waals surface area (Å²) in [5, 5.41) is 14.4. The normalized spacial score (nSPS) is 12.1.